The Hall–Kier alpha value is -1.02. The quantitative estimate of drug-likeness (QED) is 0.769. The van der Waals surface area contributed by atoms with Crippen LogP contribution in [0.25, 0.3) is 0 Å². The Morgan fingerprint density at radius 2 is 2.29 bits per heavy atom. The number of carboxylic acids is 1. The summed E-state index contributed by atoms with van der Waals surface area (Å²) >= 11 is 1.07. The summed E-state index contributed by atoms with van der Waals surface area (Å²) in [6, 6.07) is -0.260. The van der Waals surface area contributed by atoms with E-state index in [0.29, 0.717) is 5.16 Å². The molecule has 0 fully saturated rings. The second-order valence-corrected chi connectivity index (χ2v) is 6.87. The molecule has 1 aromatic rings. The summed E-state index contributed by atoms with van der Waals surface area (Å²) in [5.41, 5.74) is 0. The largest absolute Gasteiger partial charge is 0.481 e. The van der Waals surface area contributed by atoms with Crippen molar-refractivity contribution in [2.75, 3.05) is 17.8 Å². The average molecular weight is 278 g/mol. The lowest BCUT2D eigenvalue weighted by molar-refractivity contribution is -0.133. The van der Waals surface area contributed by atoms with Gasteiger partial charge in [-0.1, -0.05) is 11.8 Å². The molecular weight excluding hydrogens is 264 g/mol. The maximum atomic E-state index is 11.2. The maximum absolute atomic E-state index is 11.2. The highest BCUT2D eigenvalue weighted by Crippen LogP contribution is 2.20. The van der Waals surface area contributed by atoms with E-state index < -0.39 is 15.8 Å². The van der Waals surface area contributed by atoms with Crippen LogP contribution in [0.15, 0.2) is 17.6 Å². The normalized spacial score (nSPS) is 13.5. The highest BCUT2D eigenvalue weighted by Gasteiger charge is 2.16. The summed E-state index contributed by atoms with van der Waals surface area (Å²) in [4.78, 5) is 14.5. The van der Waals surface area contributed by atoms with Crippen molar-refractivity contribution >= 4 is 27.6 Å². The van der Waals surface area contributed by atoms with E-state index in [1.54, 1.807) is 17.7 Å². The summed E-state index contributed by atoms with van der Waals surface area (Å²) in [6.07, 6.45) is 4.35. The lowest BCUT2D eigenvalue weighted by Crippen LogP contribution is -2.17. The first kappa shape index (κ1) is 14.0. The number of hydrogen-bond donors (Lipinski definition) is 1. The average Bonchev–Trinajstić information content (AvgIpc) is 2.59. The number of carboxylic acid groups (broad SMARTS) is 1. The van der Waals surface area contributed by atoms with Crippen LogP contribution < -0.4 is 0 Å². The molecule has 96 valence electrons. The molecule has 1 unspecified atom stereocenters. The van der Waals surface area contributed by atoms with Gasteiger partial charge in [0, 0.05) is 24.7 Å². The molecule has 8 heteroatoms. The van der Waals surface area contributed by atoms with Crippen LogP contribution in [0.4, 0.5) is 0 Å². The molecule has 1 aromatic heterocycles. The second-order valence-electron chi connectivity index (χ2n) is 3.74. The lowest BCUT2D eigenvalue weighted by atomic mass is 10.4. The van der Waals surface area contributed by atoms with Gasteiger partial charge in [0.2, 0.25) is 0 Å². The molecule has 1 atom stereocenters. The monoisotopic (exact) mass is 278 g/mol. The zero-order chi connectivity index (χ0) is 13.1. The fourth-order valence-electron chi connectivity index (χ4n) is 1.39. The number of aliphatic carboxylic acids is 1. The van der Waals surface area contributed by atoms with Crippen molar-refractivity contribution in [3.8, 4) is 0 Å². The van der Waals surface area contributed by atoms with Gasteiger partial charge in [0.15, 0.2) is 5.16 Å². The number of sulfone groups is 1. The number of hydrogen-bond acceptors (Lipinski definition) is 5. The van der Waals surface area contributed by atoms with E-state index >= 15 is 0 Å². The lowest BCUT2D eigenvalue weighted by Gasteiger charge is -2.14. The van der Waals surface area contributed by atoms with E-state index in [1.165, 1.54) is 12.5 Å². The first-order valence-corrected chi connectivity index (χ1v) is 7.89. The smallest absolute Gasteiger partial charge is 0.313 e. The Kier molecular flexibility index (Phi) is 4.58. The number of aromatic nitrogens is 2. The second kappa shape index (κ2) is 5.54. The van der Waals surface area contributed by atoms with Crippen LogP contribution in [-0.4, -0.2) is 46.8 Å². The Bertz CT molecular complexity index is 495. The van der Waals surface area contributed by atoms with Crippen LogP contribution in [0.1, 0.15) is 13.0 Å². The molecule has 1 rings (SSSR count). The van der Waals surface area contributed by atoms with E-state index in [-0.39, 0.29) is 17.5 Å². The minimum Gasteiger partial charge on any atom is -0.481 e. The molecule has 0 saturated heterocycles. The molecule has 0 bridgehead atoms. The van der Waals surface area contributed by atoms with Crippen LogP contribution in [0.5, 0.6) is 0 Å². The Labute approximate surface area is 104 Å². The summed E-state index contributed by atoms with van der Waals surface area (Å²) in [7, 11) is -3.07. The minimum absolute atomic E-state index is 0.00396. The highest BCUT2D eigenvalue weighted by atomic mass is 32.2. The van der Waals surface area contributed by atoms with E-state index in [4.69, 9.17) is 5.11 Å². The molecule has 0 amide bonds. The van der Waals surface area contributed by atoms with Gasteiger partial charge in [0.1, 0.15) is 9.84 Å². The van der Waals surface area contributed by atoms with Gasteiger partial charge in [-0.15, -0.1) is 0 Å². The third kappa shape index (κ3) is 4.78. The summed E-state index contributed by atoms with van der Waals surface area (Å²) < 4.78 is 24.0. The minimum atomic E-state index is -3.07. The van der Waals surface area contributed by atoms with Gasteiger partial charge in [-0.2, -0.15) is 0 Å². The van der Waals surface area contributed by atoms with Crippen molar-refractivity contribution in [3.05, 3.63) is 12.4 Å². The molecule has 0 radical (unpaired) electrons. The van der Waals surface area contributed by atoms with Crippen molar-refractivity contribution in [3.63, 3.8) is 0 Å². The molecule has 1 N–H and O–H groups in total. The van der Waals surface area contributed by atoms with Gasteiger partial charge < -0.3 is 9.67 Å². The van der Waals surface area contributed by atoms with Crippen LogP contribution in [0.3, 0.4) is 0 Å². The standard InChI is InChI=1S/C9H14N2O4S2/c1-7(6-17(2,14)15)11-4-3-10-9(11)16-5-8(12)13/h3-4,7H,5-6H2,1-2H3,(H,12,13). The third-order valence-electron chi connectivity index (χ3n) is 1.98. The van der Waals surface area contributed by atoms with Crippen molar-refractivity contribution in [2.45, 2.75) is 18.1 Å². The number of thioether (sulfide) groups is 1. The molecule has 1 heterocycles. The molecule has 0 aromatic carbocycles. The maximum Gasteiger partial charge on any atom is 0.313 e. The van der Waals surface area contributed by atoms with Crippen molar-refractivity contribution in [2.24, 2.45) is 0 Å². The van der Waals surface area contributed by atoms with Crippen molar-refractivity contribution < 1.29 is 18.3 Å². The zero-order valence-corrected chi connectivity index (χ0v) is 11.2. The predicted molar refractivity (Wildman–Crippen MR) is 65.0 cm³/mol. The topological polar surface area (TPSA) is 89.3 Å². The zero-order valence-electron chi connectivity index (χ0n) is 9.53. The predicted octanol–water partition coefficient (Wildman–Crippen LogP) is 0.665. The fraction of sp³-hybridized carbons (Fsp3) is 0.556. The fourth-order valence-corrected chi connectivity index (χ4v) is 3.21. The molecule has 17 heavy (non-hydrogen) atoms. The first-order chi connectivity index (χ1) is 7.79. The highest BCUT2D eigenvalue weighted by molar-refractivity contribution is 7.99. The number of rotatable bonds is 6. The van der Waals surface area contributed by atoms with Crippen LogP contribution >= 0.6 is 11.8 Å². The summed E-state index contributed by atoms with van der Waals surface area (Å²) in [5, 5.41) is 9.09. The molecule has 0 aliphatic carbocycles. The molecule has 0 aliphatic rings. The van der Waals surface area contributed by atoms with Crippen molar-refractivity contribution in [1.82, 2.24) is 9.55 Å². The Morgan fingerprint density at radius 1 is 1.65 bits per heavy atom. The third-order valence-corrected chi connectivity index (χ3v) is 4.03. The SMILES string of the molecule is CC(CS(C)(=O)=O)n1ccnc1SCC(=O)O. The van der Waals surface area contributed by atoms with Gasteiger partial charge in [-0.3, -0.25) is 4.79 Å². The molecule has 0 saturated carbocycles. The number of imidazole rings is 1. The molecule has 0 aliphatic heterocycles. The van der Waals surface area contributed by atoms with Crippen molar-refractivity contribution in [1.29, 1.82) is 0 Å². The van der Waals surface area contributed by atoms with Crippen LogP contribution in [-0.2, 0) is 14.6 Å². The van der Waals surface area contributed by atoms with Gasteiger partial charge in [0.05, 0.1) is 11.5 Å². The Balaban J connectivity index is 2.77. The number of carbonyl (C=O) groups is 1. The first-order valence-electron chi connectivity index (χ1n) is 4.85. The number of nitrogens with zero attached hydrogens (tertiary/aromatic N) is 2. The molecule has 6 nitrogen and oxygen atoms in total. The van der Waals surface area contributed by atoms with Crippen LogP contribution in [0, 0.1) is 0 Å². The van der Waals surface area contributed by atoms with E-state index in [1.807, 2.05) is 0 Å². The van der Waals surface area contributed by atoms with E-state index in [2.05, 4.69) is 4.98 Å². The van der Waals surface area contributed by atoms with Crippen LogP contribution in [0.2, 0.25) is 0 Å². The van der Waals surface area contributed by atoms with E-state index in [0.717, 1.165) is 11.8 Å². The Morgan fingerprint density at radius 3 is 2.82 bits per heavy atom. The van der Waals surface area contributed by atoms with E-state index in [9.17, 15) is 13.2 Å². The van der Waals surface area contributed by atoms with Gasteiger partial charge in [-0.05, 0) is 6.92 Å². The van der Waals surface area contributed by atoms with Gasteiger partial charge in [-0.25, -0.2) is 13.4 Å². The van der Waals surface area contributed by atoms with Gasteiger partial charge >= 0.3 is 5.97 Å². The molecular formula is C9H14N2O4S2. The van der Waals surface area contributed by atoms with Gasteiger partial charge in [0.25, 0.3) is 0 Å². The summed E-state index contributed by atoms with van der Waals surface area (Å²) in [6.45, 7) is 1.76. The molecule has 0 spiro atoms. The summed E-state index contributed by atoms with van der Waals surface area (Å²) in [5.74, 6) is -1.02.